The highest BCUT2D eigenvalue weighted by Crippen LogP contribution is 2.16. The maximum Gasteiger partial charge on any atom is 0.127 e. The number of aryl methyl sites for hydroxylation is 2. The Morgan fingerprint density at radius 2 is 2.07 bits per heavy atom. The van der Waals surface area contributed by atoms with E-state index in [-0.39, 0.29) is 0 Å². The minimum Gasteiger partial charge on any atom is -0.497 e. The molecular formula is C21H25N5O. The van der Waals surface area contributed by atoms with E-state index in [4.69, 9.17) is 4.74 Å². The quantitative estimate of drug-likeness (QED) is 0.791. The van der Waals surface area contributed by atoms with E-state index in [1.165, 1.54) is 11.1 Å². The van der Waals surface area contributed by atoms with Crippen LogP contribution in [0.5, 0.6) is 0 Å². The molecule has 0 aliphatic carbocycles. The van der Waals surface area contributed by atoms with Gasteiger partial charge < -0.3 is 10.1 Å². The molecule has 0 saturated heterocycles. The van der Waals surface area contributed by atoms with Crippen molar-refractivity contribution in [1.29, 1.82) is 0 Å². The van der Waals surface area contributed by atoms with Crippen molar-refractivity contribution in [2.24, 2.45) is 9.98 Å². The van der Waals surface area contributed by atoms with Crippen LogP contribution < -0.4 is 5.32 Å². The fraction of sp³-hybridized carbons (Fsp3) is 0.286. The number of aliphatic imine (C=N–C) groups is 2. The molecule has 2 aromatic rings. The van der Waals surface area contributed by atoms with Crippen molar-refractivity contribution in [3.05, 3.63) is 70.4 Å². The van der Waals surface area contributed by atoms with Crippen molar-refractivity contribution in [2.45, 2.75) is 33.7 Å². The average Bonchev–Trinajstić information content (AvgIpc) is 3.04. The van der Waals surface area contributed by atoms with Crippen LogP contribution in [-0.4, -0.2) is 29.0 Å². The van der Waals surface area contributed by atoms with E-state index < -0.39 is 0 Å². The van der Waals surface area contributed by atoms with E-state index in [0.29, 0.717) is 12.2 Å². The number of amidine groups is 2. The summed E-state index contributed by atoms with van der Waals surface area (Å²) in [4.78, 5) is 9.07. The first-order valence-corrected chi connectivity index (χ1v) is 8.92. The summed E-state index contributed by atoms with van der Waals surface area (Å²) in [7, 11) is 1.65. The first-order valence-electron chi connectivity index (χ1n) is 8.92. The predicted molar refractivity (Wildman–Crippen MR) is 110 cm³/mol. The molecule has 140 valence electrons. The number of nitrogens with zero attached hydrogens (tertiary/aromatic N) is 3. The van der Waals surface area contributed by atoms with Gasteiger partial charge in [0.2, 0.25) is 0 Å². The number of aromatic nitrogens is 2. The highest BCUT2D eigenvalue weighted by atomic mass is 16.5. The van der Waals surface area contributed by atoms with Gasteiger partial charge in [0, 0.05) is 25.1 Å². The summed E-state index contributed by atoms with van der Waals surface area (Å²) in [6.07, 6.45) is 4.47. The van der Waals surface area contributed by atoms with Gasteiger partial charge >= 0.3 is 0 Å². The number of ether oxygens (including phenoxy) is 1. The van der Waals surface area contributed by atoms with Crippen molar-refractivity contribution >= 4 is 17.7 Å². The molecule has 0 atom stereocenters. The van der Waals surface area contributed by atoms with Gasteiger partial charge in [0.15, 0.2) is 0 Å². The second-order valence-electron chi connectivity index (χ2n) is 6.59. The van der Waals surface area contributed by atoms with Crippen LogP contribution in [0.15, 0.2) is 57.8 Å². The Kier molecular flexibility index (Phi) is 5.86. The molecule has 3 rings (SSSR count). The minimum atomic E-state index is 0.631. The summed E-state index contributed by atoms with van der Waals surface area (Å²) < 4.78 is 5.49. The van der Waals surface area contributed by atoms with Gasteiger partial charge in [-0.15, -0.1) is 0 Å². The van der Waals surface area contributed by atoms with Gasteiger partial charge in [-0.2, -0.15) is 5.10 Å². The Balaban J connectivity index is 1.71. The van der Waals surface area contributed by atoms with E-state index in [1.807, 2.05) is 32.1 Å². The Hall–Kier alpha value is -3.15. The average molecular weight is 363 g/mol. The number of aromatic amines is 1. The van der Waals surface area contributed by atoms with Crippen LogP contribution >= 0.6 is 0 Å². The largest absolute Gasteiger partial charge is 0.497 e. The lowest BCUT2D eigenvalue weighted by atomic mass is 10.1. The molecule has 0 radical (unpaired) electrons. The second-order valence-corrected chi connectivity index (χ2v) is 6.59. The monoisotopic (exact) mass is 363 g/mol. The summed E-state index contributed by atoms with van der Waals surface area (Å²) in [6.45, 7) is 6.67. The fourth-order valence-corrected chi connectivity index (χ4v) is 2.88. The van der Waals surface area contributed by atoms with E-state index >= 15 is 0 Å². The maximum atomic E-state index is 5.49. The lowest BCUT2D eigenvalue weighted by Gasteiger charge is -2.15. The number of benzene rings is 1. The number of hydrogen-bond donors (Lipinski definition) is 2. The molecule has 6 nitrogen and oxygen atoms in total. The van der Waals surface area contributed by atoms with Crippen LogP contribution in [0.1, 0.15) is 35.9 Å². The summed E-state index contributed by atoms with van der Waals surface area (Å²) >= 11 is 0. The maximum absolute atomic E-state index is 5.49. The number of nitrogens with one attached hydrogen (secondary N) is 2. The molecule has 2 N–H and O–H groups in total. The van der Waals surface area contributed by atoms with Gasteiger partial charge in [-0.3, -0.25) is 5.10 Å². The van der Waals surface area contributed by atoms with Crippen LogP contribution in [0.3, 0.4) is 0 Å². The van der Waals surface area contributed by atoms with E-state index in [1.54, 1.807) is 7.11 Å². The molecule has 1 aromatic heterocycles. The molecule has 0 saturated carbocycles. The fourth-order valence-electron chi connectivity index (χ4n) is 2.88. The molecule has 1 aliphatic rings. The summed E-state index contributed by atoms with van der Waals surface area (Å²) in [5.74, 6) is 2.35. The van der Waals surface area contributed by atoms with Gasteiger partial charge in [0.25, 0.3) is 0 Å². The van der Waals surface area contributed by atoms with Crippen LogP contribution in [0, 0.1) is 13.8 Å². The standard InChI is InChI=1S/C21H25N5O/c1-14-6-5-7-17(8-14)13-22-21-12-18(23-16(3)24-21)10-20(27-4)11-19-9-15(2)25-26-19/h5-11H,12-13H2,1-4H3,(H,25,26)(H,22,23,24)/b18-10+,20-11-. The number of hydrogen-bond acceptors (Lipinski definition) is 5. The molecule has 1 aromatic carbocycles. The lowest BCUT2D eigenvalue weighted by Crippen LogP contribution is -2.26. The van der Waals surface area contributed by atoms with Gasteiger partial charge in [-0.05, 0) is 32.4 Å². The zero-order chi connectivity index (χ0) is 19.2. The van der Waals surface area contributed by atoms with Gasteiger partial charge in [0.1, 0.15) is 17.4 Å². The summed E-state index contributed by atoms with van der Waals surface area (Å²) in [6, 6.07) is 10.4. The molecule has 1 aliphatic heterocycles. The van der Waals surface area contributed by atoms with Crippen molar-refractivity contribution < 1.29 is 4.74 Å². The van der Waals surface area contributed by atoms with Crippen molar-refractivity contribution in [3.8, 4) is 0 Å². The first-order chi connectivity index (χ1) is 13.0. The smallest absolute Gasteiger partial charge is 0.127 e. The molecule has 27 heavy (non-hydrogen) atoms. The molecule has 0 unspecified atom stereocenters. The van der Waals surface area contributed by atoms with E-state index in [2.05, 4.69) is 56.7 Å². The second kappa shape index (κ2) is 8.49. The number of rotatable bonds is 5. The van der Waals surface area contributed by atoms with E-state index in [9.17, 15) is 0 Å². The third-order valence-corrected chi connectivity index (χ3v) is 4.10. The van der Waals surface area contributed by atoms with Gasteiger partial charge in [0.05, 0.1) is 24.2 Å². The third-order valence-electron chi connectivity index (χ3n) is 4.10. The highest BCUT2D eigenvalue weighted by Gasteiger charge is 2.11. The normalized spacial score (nSPS) is 16.1. The number of allylic oxidation sites excluding steroid dienone is 1. The predicted octanol–water partition coefficient (Wildman–Crippen LogP) is 3.91. The molecule has 2 heterocycles. The lowest BCUT2D eigenvalue weighted by molar-refractivity contribution is 0.310. The molecular weight excluding hydrogens is 338 g/mol. The number of methoxy groups -OCH3 is 1. The van der Waals surface area contributed by atoms with Gasteiger partial charge in [-0.25, -0.2) is 9.98 Å². The Labute approximate surface area is 159 Å². The van der Waals surface area contributed by atoms with Crippen LogP contribution in [0.4, 0.5) is 0 Å². The topological polar surface area (TPSA) is 74.7 Å². The SMILES string of the molecule is COC(=C\c1cc(C)n[nH]1)/C=C1\CC(NCc2cccc(C)c2)=NC(C)=N1. The van der Waals surface area contributed by atoms with Crippen molar-refractivity contribution in [2.75, 3.05) is 7.11 Å². The van der Waals surface area contributed by atoms with Crippen LogP contribution in [-0.2, 0) is 11.3 Å². The third kappa shape index (κ3) is 5.41. The number of H-pyrrole nitrogens is 1. The Bertz CT molecular complexity index is 934. The van der Waals surface area contributed by atoms with Crippen molar-refractivity contribution in [3.63, 3.8) is 0 Å². The summed E-state index contributed by atoms with van der Waals surface area (Å²) in [5, 5.41) is 10.5. The minimum absolute atomic E-state index is 0.631. The first kappa shape index (κ1) is 18.6. The molecule has 6 heteroatoms. The highest BCUT2D eigenvalue weighted by molar-refractivity contribution is 5.99. The molecule has 0 bridgehead atoms. The van der Waals surface area contributed by atoms with Crippen molar-refractivity contribution in [1.82, 2.24) is 15.5 Å². The molecule has 0 spiro atoms. The zero-order valence-corrected chi connectivity index (χ0v) is 16.2. The Morgan fingerprint density at radius 3 is 2.78 bits per heavy atom. The molecule has 0 amide bonds. The van der Waals surface area contributed by atoms with Gasteiger partial charge in [-0.1, -0.05) is 29.8 Å². The summed E-state index contributed by atoms with van der Waals surface area (Å²) in [5.41, 5.74) is 5.21. The molecule has 0 fully saturated rings. The zero-order valence-electron chi connectivity index (χ0n) is 16.2. The van der Waals surface area contributed by atoms with Crippen LogP contribution in [0.2, 0.25) is 0 Å². The Morgan fingerprint density at radius 1 is 1.22 bits per heavy atom. The van der Waals surface area contributed by atoms with Crippen LogP contribution in [0.25, 0.3) is 6.08 Å². The van der Waals surface area contributed by atoms with E-state index in [0.717, 1.165) is 35.3 Å².